The second kappa shape index (κ2) is 14.0. The van der Waals surface area contributed by atoms with Gasteiger partial charge in [0.05, 0.1) is 11.4 Å². The van der Waals surface area contributed by atoms with E-state index >= 15 is 0 Å². The molecule has 0 atom stereocenters. The highest BCUT2D eigenvalue weighted by Crippen LogP contribution is 2.44. The monoisotopic (exact) mass is 678 g/mol. The van der Waals surface area contributed by atoms with Crippen molar-refractivity contribution in [1.82, 2.24) is 0 Å². The van der Waals surface area contributed by atoms with Crippen LogP contribution in [0.3, 0.4) is 0 Å². The van der Waals surface area contributed by atoms with Crippen molar-refractivity contribution in [3.8, 4) is 22.3 Å². The summed E-state index contributed by atoms with van der Waals surface area (Å²) >= 11 is 0. The van der Waals surface area contributed by atoms with Gasteiger partial charge in [0, 0.05) is 33.5 Å². The molecule has 0 aromatic heterocycles. The molecule has 0 aliphatic carbocycles. The Kier molecular flexibility index (Phi) is 8.47. The average Bonchev–Trinajstić information content (AvgIpc) is 3.22. The van der Waals surface area contributed by atoms with Gasteiger partial charge < -0.3 is 9.80 Å². The molecule has 53 heavy (non-hydrogen) atoms. The van der Waals surface area contributed by atoms with Gasteiger partial charge in [-0.2, -0.15) is 0 Å². The standard InChI is InChI=1S/C51H38N2/c1-37-15-12-20-41(35-37)49-36-45(53(43-23-6-3-7-24-43)51-28-14-19-39-17-9-11-26-48(39)51)33-34-46(49)40-29-31-44(32-30-40)52(42-21-4-2-5-22-42)50-27-13-18-38-16-8-10-25-47(38)50/h2-36H,1H3. The molecule has 0 amide bonds. The third-order valence-electron chi connectivity index (χ3n) is 10.1. The number of nitrogens with zero attached hydrogens (tertiary/aromatic N) is 2. The van der Waals surface area contributed by atoms with Gasteiger partial charge in [-0.25, -0.2) is 0 Å². The molecule has 2 nitrogen and oxygen atoms in total. The van der Waals surface area contributed by atoms with Crippen LogP contribution in [0.1, 0.15) is 5.56 Å². The van der Waals surface area contributed by atoms with Crippen LogP contribution in [0.25, 0.3) is 43.8 Å². The first-order valence-electron chi connectivity index (χ1n) is 18.2. The summed E-state index contributed by atoms with van der Waals surface area (Å²) < 4.78 is 0. The molecule has 9 aromatic rings. The molecule has 9 rings (SSSR count). The van der Waals surface area contributed by atoms with Crippen LogP contribution in [0, 0.1) is 6.92 Å². The number of anilines is 6. The van der Waals surface area contributed by atoms with E-state index in [9.17, 15) is 0 Å². The van der Waals surface area contributed by atoms with Gasteiger partial charge in [0.1, 0.15) is 0 Å². The van der Waals surface area contributed by atoms with Crippen LogP contribution >= 0.6 is 0 Å². The van der Waals surface area contributed by atoms with E-state index in [4.69, 9.17) is 0 Å². The fraction of sp³-hybridized carbons (Fsp3) is 0.0196. The average molecular weight is 679 g/mol. The Morgan fingerprint density at radius 1 is 0.302 bits per heavy atom. The first-order chi connectivity index (χ1) is 26.2. The Balaban J connectivity index is 1.19. The van der Waals surface area contributed by atoms with E-state index in [2.05, 4.69) is 229 Å². The highest BCUT2D eigenvalue weighted by molar-refractivity contribution is 6.01. The maximum Gasteiger partial charge on any atom is 0.0540 e. The van der Waals surface area contributed by atoms with Crippen LogP contribution in [-0.4, -0.2) is 0 Å². The van der Waals surface area contributed by atoms with E-state index in [1.165, 1.54) is 49.4 Å². The van der Waals surface area contributed by atoms with Crippen LogP contribution in [0.2, 0.25) is 0 Å². The van der Waals surface area contributed by atoms with Crippen LogP contribution in [-0.2, 0) is 0 Å². The van der Waals surface area contributed by atoms with E-state index in [0.717, 1.165) is 34.1 Å². The van der Waals surface area contributed by atoms with Crippen molar-refractivity contribution in [2.45, 2.75) is 6.92 Å². The number of benzene rings is 9. The molecule has 252 valence electrons. The SMILES string of the molecule is Cc1cccc(-c2cc(N(c3ccccc3)c3cccc4ccccc34)ccc2-c2ccc(N(c3ccccc3)c3cccc4ccccc34)cc2)c1. The molecule has 2 heteroatoms. The zero-order valence-corrected chi connectivity index (χ0v) is 29.6. The van der Waals surface area contributed by atoms with Crippen LogP contribution in [0.5, 0.6) is 0 Å². The van der Waals surface area contributed by atoms with E-state index in [-0.39, 0.29) is 0 Å². The minimum atomic E-state index is 1.11. The second-order valence-corrected chi connectivity index (χ2v) is 13.5. The lowest BCUT2D eigenvalue weighted by molar-refractivity contribution is 1.29. The van der Waals surface area contributed by atoms with Gasteiger partial charge in [-0.1, -0.05) is 157 Å². The lowest BCUT2D eigenvalue weighted by Crippen LogP contribution is -2.11. The van der Waals surface area contributed by atoms with E-state index in [0.29, 0.717) is 0 Å². The smallest absolute Gasteiger partial charge is 0.0540 e. The van der Waals surface area contributed by atoms with Crippen molar-refractivity contribution in [3.05, 3.63) is 218 Å². The predicted molar refractivity (Wildman–Crippen MR) is 226 cm³/mol. The summed E-state index contributed by atoms with van der Waals surface area (Å²) in [6.07, 6.45) is 0. The maximum atomic E-state index is 2.39. The summed E-state index contributed by atoms with van der Waals surface area (Å²) in [6.45, 7) is 2.17. The molecule has 0 fully saturated rings. The van der Waals surface area contributed by atoms with Gasteiger partial charge in [-0.15, -0.1) is 0 Å². The first-order valence-corrected chi connectivity index (χ1v) is 18.2. The third-order valence-corrected chi connectivity index (χ3v) is 10.1. The predicted octanol–water partition coefficient (Wildman–Crippen LogP) is 14.6. The lowest BCUT2D eigenvalue weighted by Gasteiger charge is -2.28. The first kappa shape index (κ1) is 32.0. The quantitative estimate of drug-likeness (QED) is 0.158. The number of hydrogen-bond donors (Lipinski definition) is 0. The van der Waals surface area contributed by atoms with Crippen molar-refractivity contribution in [2.24, 2.45) is 0 Å². The summed E-state index contributed by atoms with van der Waals surface area (Å²) in [6, 6.07) is 76.5. The summed E-state index contributed by atoms with van der Waals surface area (Å²) in [5.74, 6) is 0. The van der Waals surface area contributed by atoms with Gasteiger partial charge in [-0.05, 0) is 101 Å². The number of fused-ring (bicyclic) bond motifs is 2. The molecule has 0 radical (unpaired) electrons. The fourth-order valence-corrected chi connectivity index (χ4v) is 7.58. The Bertz CT molecular complexity index is 2670. The van der Waals surface area contributed by atoms with Crippen molar-refractivity contribution in [3.63, 3.8) is 0 Å². The lowest BCUT2D eigenvalue weighted by atomic mass is 9.92. The van der Waals surface area contributed by atoms with Gasteiger partial charge in [0.25, 0.3) is 0 Å². The molecule has 9 aromatic carbocycles. The summed E-state index contributed by atoms with van der Waals surface area (Å²) in [7, 11) is 0. The van der Waals surface area contributed by atoms with Crippen molar-refractivity contribution in [2.75, 3.05) is 9.80 Å². The van der Waals surface area contributed by atoms with E-state index in [1.807, 2.05) is 0 Å². The zero-order chi connectivity index (χ0) is 35.6. The minimum absolute atomic E-state index is 1.11. The molecule has 0 unspecified atom stereocenters. The molecule has 0 aliphatic heterocycles. The number of rotatable bonds is 8. The summed E-state index contributed by atoms with van der Waals surface area (Å²) in [4.78, 5) is 4.75. The molecule has 0 N–H and O–H groups in total. The molecule has 0 saturated heterocycles. The largest absolute Gasteiger partial charge is 0.310 e. The highest BCUT2D eigenvalue weighted by Gasteiger charge is 2.19. The molecular formula is C51H38N2. The number of aryl methyl sites for hydroxylation is 1. The molecular weight excluding hydrogens is 641 g/mol. The van der Waals surface area contributed by atoms with Crippen molar-refractivity contribution in [1.29, 1.82) is 0 Å². The highest BCUT2D eigenvalue weighted by atomic mass is 15.1. The normalized spacial score (nSPS) is 11.1. The fourth-order valence-electron chi connectivity index (χ4n) is 7.58. The Labute approximate surface area is 311 Å². The van der Waals surface area contributed by atoms with Crippen LogP contribution < -0.4 is 9.80 Å². The minimum Gasteiger partial charge on any atom is -0.310 e. The van der Waals surface area contributed by atoms with Crippen molar-refractivity contribution < 1.29 is 0 Å². The van der Waals surface area contributed by atoms with Crippen LogP contribution in [0.15, 0.2) is 212 Å². The van der Waals surface area contributed by atoms with Gasteiger partial charge in [-0.3, -0.25) is 0 Å². The Hall–Kier alpha value is -6.90. The van der Waals surface area contributed by atoms with E-state index < -0.39 is 0 Å². The summed E-state index contributed by atoms with van der Waals surface area (Å²) in [5.41, 5.74) is 12.7. The zero-order valence-electron chi connectivity index (χ0n) is 29.6. The molecule has 0 heterocycles. The van der Waals surface area contributed by atoms with Gasteiger partial charge >= 0.3 is 0 Å². The van der Waals surface area contributed by atoms with Gasteiger partial charge in [0.2, 0.25) is 0 Å². The van der Waals surface area contributed by atoms with E-state index in [1.54, 1.807) is 0 Å². The second-order valence-electron chi connectivity index (χ2n) is 13.5. The summed E-state index contributed by atoms with van der Waals surface area (Å²) in [5, 5.41) is 4.87. The number of hydrogen-bond acceptors (Lipinski definition) is 2. The van der Waals surface area contributed by atoms with Crippen LogP contribution in [0.4, 0.5) is 34.1 Å². The molecule has 0 saturated carbocycles. The topological polar surface area (TPSA) is 6.48 Å². The molecule has 0 aliphatic rings. The van der Waals surface area contributed by atoms with Crippen molar-refractivity contribution >= 4 is 55.7 Å². The molecule has 0 bridgehead atoms. The third kappa shape index (κ3) is 6.22. The van der Waals surface area contributed by atoms with Gasteiger partial charge in [0.15, 0.2) is 0 Å². The molecule has 0 spiro atoms. The number of para-hydroxylation sites is 2. The Morgan fingerprint density at radius 3 is 1.36 bits per heavy atom. The Morgan fingerprint density at radius 2 is 0.774 bits per heavy atom. The maximum absolute atomic E-state index is 2.39.